The van der Waals surface area contributed by atoms with Crippen LogP contribution in [0.1, 0.15) is 36.8 Å². The molecule has 3 aromatic rings. The Balaban J connectivity index is 1.63. The van der Waals surface area contributed by atoms with Crippen LogP contribution >= 0.6 is 39.1 Å². The molecule has 0 saturated heterocycles. The summed E-state index contributed by atoms with van der Waals surface area (Å²) in [6.07, 6.45) is 4.48. The van der Waals surface area contributed by atoms with E-state index in [-0.39, 0.29) is 31.0 Å². The van der Waals surface area contributed by atoms with Gasteiger partial charge in [-0.3, -0.25) is 9.59 Å². The average molecular weight is 604 g/mol. The smallest absolute Gasteiger partial charge is 0.261 e. The first kappa shape index (κ1) is 27.5. The topological polar surface area (TPSA) is 58.6 Å². The van der Waals surface area contributed by atoms with Crippen LogP contribution in [-0.2, 0) is 22.6 Å². The lowest BCUT2D eigenvalue weighted by Gasteiger charge is -2.32. The highest BCUT2D eigenvalue weighted by molar-refractivity contribution is 9.10. The summed E-state index contributed by atoms with van der Waals surface area (Å²) in [7, 11) is 0. The van der Waals surface area contributed by atoms with E-state index in [2.05, 4.69) is 21.2 Å². The van der Waals surface area contributed by atoms with Gasteiger partial charge in [0.05, 0.1) is 4.47 Å². The van der Waals surface area contributed by atoms with Crippen LogP contribution in [0.25, 0.3) is 0 Å². The maximum absolute atomic E-state index is 13.7. The number of hydrogen-bond acceptors (Lipinski definition) is 3. The zero-order chi connectivity index (χ0) is 26.2. The largest absolute Gasteiger partial charge is 0.483 e. The van der Waals surface area contributed by atoms with Crippen molar-refractivity contribution in [1.29, 1.82) is 0 Å². The monoisotopic (exact) mass is 602 g/mol. The van der Waals surface area contributed by atoms with E-state index >= 15 is 0 Å². The van der Waals surface area contributed by atoms with E-state index < -0.39 is 6.04 Å². The summed E-state index contributed by atoms with van der Waals surface area (Å²) in [6.45, 7) is -0.0636. The van der Waals surface area contributed by atoms with Crippen molar-refractivity contribution in [2.75, 3.05) is 6.61 Å². The molecule has 1 aliphatic rings. The predicted octanol–water partition coefficient (Wildman–Crippen LogP) is 6.83. The van der Waals surface area contributed by atoms with Gasteiger partial charge in [-0.25, -0.2) is 0 Å². The minimum absolute atomic E-state index is 0.129. The molecule has 37 heavy (non-hydrogen) atoms. The van der Waals surface area contributed by atoms with Gasteiger partial charge in [0.2, 0.25) is 5.91 Å². The van der Waals surface area contributed by atoms with Gasteiger partial charge in [0.15, 0.2) is 6.61 Å². The zero-order valence-corrected chi connectivity index (χ0v) is 23.4. The van der Waals surface area contributed by atoms with E-state index in [1.807, 2.05) is 48.5 Å². The molecule has 5 nitrogen and oxygen atoms in total. The van der Waals surface area contributed by atoms with E-state index in [0.717, 1.165) is 36.8 Å². The Labute approximate surface area is 236 Å². The fourth-order valence-corrected chi connectivity index (χ4v) is 5.54. The first-order valence-corrected chi connectivity index (χ1v) is 13.9. The van der Waals surface area contributed by atoms with Crippen LogP contribution in [0.2, 0.25) is 10.0 Å². The Morgan fingerprint density at radius 1 is 1.00 bits per heavy atom. The van der Waals surface area contributed by atoms with Gasteiger partial charge >= 0.3 is 0 Å². The Kier molecular flexibility index (Phi) is 9.89. The molecule has 0 heterocycles. The first-order chi connectivity index (χ1) is 17.9. The molecule has 0 aromatic heterocycles. The highest BCUT2D eigenvalue weighted by atomic mass is 79.9. The maximum Gasteiger partial charge on any atom is 0.261 e. The van der Waals surface area contributed by atoms with Crippen molar-refractivity contribution in [2.45, 2.75) is 50.7 Å². The van der Waals surface area contributed by atoms with Crippen LogP contribution in [-0.4, -0.2) is 35.4 Å². The third-order valence-corrected chi connectivity index (χ3v) is 7.74. The van der Waals surface area contributed by atoms with Gasteiger partial charge < -0.3 is 15.0 Å². The Morgan fingerprint density at radius 3 is 2.41 bits per heavy atom. The fraction of sp³-hybridized carbons (Fsp3) is 0.310. The normalized spacial score (nSPS) is 14.2. The third kappa shape index (κ3) is 7.73. The van der Waals surface area contributed by atoms with E-state index in [1.54, 1.807) is 29.2 Å². The number of carbonyl (C=O) groups is 2. The van der Waals surface area contributed by atoms with E-state index in [1.165, 1.54) is 0 Å². The number of halogens is 3. The molecule has 1 N–H and O–H groups in total. The molecule has 2 amide bonds. The molecule has 0 radical (unpaired) electrons. The van der Waals surface area contributed by atoms with E-state index in [9.17, 15) is 9.59 Å². The van der Waals surface area contributed by atoms with Crippen molar-refractivity contribution >= 4 is 50.9 Å². The summed E-state index contributed by atoms with van der Waals surface area (Å²) in [4.78, 5) is 29.0. The summed E-state index contributed by atoms with van der Waals surface area (Å²) in [6, 6.07) is 21.6. The average Bonchev–Trinajstić information content (AvgIpc) is 3.40. The van der Waals surface area contributed by atoms with Gasteiger partial charge in [-0.05, 0) is 64.2 Å². The number of nitrogens with zero attached hydrogens (tertiary/aromatic N) is 1. The molecule has 3 aromatic carbocycles. The van der Waals surface area contributed by atoms with E-state index in [0.29, 0.717) is 26.7 Å². The minimum Gasteiger partial charge on any atom is -0.483 e. The van der Waals surface area contributed by atoms with Crippen molar-refractivity contribution in [2.24, 2.45) is 0 Å². The van der Waals surface area contributed by atoms with Crippen molar-refractivity contribution in [3.05, 3.63) is 98.4 Å². The van der Waals surface area contributed by atoms with Crippen molar-refractivity contribution in [3.8, 4) is 5.75 Å². The number of carbonyl (C=O) groups excluding carboxylic acids is 2. The molecule has 1 saturated carbocycles. The third-order valence-electron chi connectivity index (χ3n) is 6.52. The van der Waals surface area contributed by atoms with Crippen molar-refractivity contribution in [1.82, 2.24) is 10.2 Å². The lowest BCUT2D eigenvalue weighted by molar-refractivity contribution is -0.143. The number of hydrogen-bond donors (Lipinski definition) is 1. The van der Waals surface area contributed by atoms with Crippen LogP contribution in [0.15, 0.2) is 77.3 Å². The highest BCUT2D eigenvalue weighted by Gasteiger charge is 2.32. The summed E-state index contributed by atoms with van der Waals surface area (Å²) >= 11 is 15.9. The van der Waals surface area contributed by atoms with Gasteiger partial charge in [-0.2, -0.15) is 0 Å². The number of nitrogens with one attached hydrogen (secondary N) is 1. The molecule has 1 atom stereocenters. The van der Waals surface area contributed by atoms with Crippen LogP contribution in [0.4, 0.5) is 0 Å². The molecular formula is C29H29BrCl2N2O3. The maximum atomic E-state index is 13.7. The first-order valence-electron chi connectivity index (χ1n) is 12.4. The quantitative estimate of drug-likeness (QED) is 0.276. The minimum atomic E-state index is -0.732. The SMILES string of the molecule is O=C(NC1CCCC1)C(Cc1ccccc1)N(Cc1ccccc1Cl)C(=O)COc1ccc(Cl)cc1Br. The fourth-order valence-electron chi connectivity index (χ4n) is 4.55. The molecular weight excluding hydrogens is 575 g/mol. The molecule has 0 bridgehead atoms. The molecule has 1 fully saturated rings. The molecule has 0 spiro atoms. The summed E-state index contributed by atoms with van der Waals surface area (Å²) in [5, 5.41) is 4.29. The molecule has 4 rings (SSSR count). The summed E-state index contributed by atoms with van der Waals surface area (Å²) in [5.41, 5.74) is 1.73. The summed E-state index contributed by atoms with van der Waals surface area (Å²) in [5.74, 6) is 0.0126. The van der Waals surface area contributed by atoms with Crippen LogP contribution in [0.5, 0.6) is 5.75 Å². The molecule has 8 heteroatoms. The molecule has 1 unspecified atom stereocenters. The van der Waals surface area contributed by atoms with Crippen molar-refractivity contribution in [3.63, 3.8) is 0 Å². The van der Waals surface area contributed by atoms with Gasteiger partial charge in [0.25, 0.3) is 5.91 Å². The van der Waals surface area contributed by atoms with Gasteiger partial charge in [-0.1, -0.05) is 84.6 Å². The van der Waals surface area contributed by atoms with Crippen molar-refractivity contribution < 1.29 is 14.3 Å². The zero-order valence-electron chi connectivity index (χ0n) is 20.3. The van der Waals surface area contributed by atoms with Gasteiger partial charge in [-0.15, -0.1) is 0 Å². The Bertz CT molecular complexity index is 1220. The Morgan fingerprint density at radius 2 is 1.70 bits per heavy atom. The Hall–Kier alpha value is -2.54. The van der Waals surface area contributed by atoms with Crippen LogP contribution in [0.3, 0.4) is 0 Å². The lowest BCUT2D eigenvalue weighted by Crippen LogP contribution is -2.53. The van der Waals surface area contributed by atoms with Crippen LogP contribution < -0.4 is 10.1 Å². The van der Waals surface area contributed by atoms with Gasteiger partial charge in [0.1, 0.15) is 11.8 Å². The molecule has 0 aliphatic heterocycles. The summed E-state index contributed by atoms with van der Waals surface area (Å²) < 4.78 is 6.50. The molecule has 194 valence electrons. The number of amides is 2. The number of benzene rings is 3. The standard InChI is InChI=1S/C29H29BrCl2N2O3/c30-24-17-22(31)14-15-27(24)37-19-28(35)34(18-21-10-4-7-13-25(21)32)26(16-20-8-2-1-3-9-20)29(36)33-23-11-5-6-12-23/h1-4,7-10,13-15,17,23,26H,5-6,11-12,16,18-19H2,(H,33,36). The second kappa shape index (κ2) is 13.3. The number of ether oxygens (including phenoxy) is 1. The second-order valence-electron chi connectivity index (χ2n) is 9.17. The lowest BCUT2D eigenvalue weighted by atomic mass is 10.0. The van der Waals surface area contributed by atoms with E-state index in [4.69, 9.17) is 27.9 Å². The predicted molar refractivity (Wildman–Crippen MR) is 151 cm³/mol. The number of rotatable bonds is 10. The second-order valence-corrected chi connectivity index (χ2v) is 10.9. The van der Waals surface area contributed by atoms with Crippen LogP contribution in [0, 0.1) is 0 Å². The van der Waals surface area contributed by atoms with Gasteiger partial charge in [0, 0.05) is 29.1 Å². The highest BCUT2D eigenvalue weighted by Crippen LogP contribution is 2.28. The molecule has 1 aliphatic carbocycles.